The summed E-state index contributed by atoms with van der Waals surface area (Å²) in [4.78, 5) is 18.3. The van der Waals surface area contributed by atoms with E-state index in [1.807, 2.05) is 32.0 Å². The fraction of sp³-hybridized carbons (Fsp3) is 0.257. The second-order valence-electron chi connectivity index (χ2n) is 10.6. The third-order valence-electron chi connectivity index (χ3n) is 7.49. The van der Waals surface area contributed by atoms with Crippen LogP contribution in [-0.4, -0.2) is 29.9 Å². The van der Waals surface area contributed by atoms with Crippen LogP contribution in [0.4, 0.5) is 10.1 Å². The molecule has 0 amide bonds. The third kappa shape index (κ3) is 6.84. The molecule has 0 fully saturated rings. The van der Waals surface area contributed by atoms with Crippen LogP contribution in [0.15, 0.2) is 89.7 Å². The van der Waals surface area contributed by atoms with Crippen LogP contribution in [0.1, 0.15) is 42.1 Å². The van der Waals surface area contributed by atoms with Crippen molar-refractivity contribution >= 4 is 24.2 Å². The number of aryl methyl sites for hydroxylation is 2. The molecule has 0 bridgehead atoms. The van der Waals surface area contributed by atoms with Gasteiger partial charge >= 0.3 is 7.60 Å². The average molecular weight is 646 g/mol. The molecule has 1 heterocycles. The van der Waals surface area contributed by atoms with Gasteiger partial charge in [0.05, 0.1) is 36.9 Å². The highest BCUT2D eigenvalue weighted by Crippen LogP contribution is 2.61. The number of hydrogen-bond donors (Lipinski definition) is 1. The fourth-order valence-electron chi connectivity index (χ4n) is 5.32. The van der Waals surface area contributed by atoms with Crippen LogP contribution in [0, 0.1) is 19.7 Å². The molecule has 1 N–H and O–H groups in total. The molecule has 0 aliphatic carbocycles. The second-order valence-corrected chi connectivity index (χ2v) is 12.7. The molecule has 9 nitrogen and oxygen atoms in total. The fourth-order valence-corrected chi connectivity index (χ4v) is 7.22. The predicted molar refractivity (Wildman–Crippen MR) is 178 cm³/mol. The maximum Gasteiger partial charge on any atom is 0.357 e. The number of ether oxygens (including phenoxy) is 2. The van der Waals surface area contributed by atoms with Gasteiger partial charge in [0.2, 0.25) is 0 Å². The van der Waals surface area contributed by atoms with E-state index in [1.54, 1.807) is 56.3 Å². The second kappa shape index (κ2) is 14.3. The lowest BCUT2D eigenvalue weighted by atomic mass is 10.1. The molecule has 0 spiro atoms. The summed E-state index contributed by atoms with van der Waals surface area (Å²) in [6.07, 6.45) is 0. The van der Waals surface area contributed by atoms with Crippen LogP contribution in [0.5, 0.6) is 11.5 Å². The quantitative estimate of drug-likeness (QED) is 0.128. The Balaban J connectivity index is 1.53. The Morgan fingerprint density at radius 3 is 2.22 bits per heavy atom. The van der Waals surface area contributed by atoms with E-state index >= 15 is 0 Å². The first-order chi connectivity index (χ1) is 22.2. The zero-order valence-corrected chi connectivity index (χ0v) is 27.3. The number of nitrogens with one attached hydrogen (secondary N) is 1. The van der Waals surface area contributed by atoms with E-state index in [2.05, 4.69) is 5.32 Å². The maximum atomic E-state index is 14.2. The standard InChI is InChI=1S/C35H37FN3O6P/c1-6-44-46(41,45-7-2)34(38-33-23(3)11-10-12-24(33)4)25-15-20-30(31(21-25)42-5)43-22-32-37-29-14-9-8-13-28(29)35(40)39(32)27-18-16-26(36)17-19-27/h8-21,34,38H,6-7,22H2,1-5H3. The molecule has 1 atom stereocenters. The number of para-hydroxylation sites is 2. The lowest BCUT2D eigenvalue weighted by Crippen LogP contribution is -2.25. The third-order valence-corrected chi connectivity index (χ3v) is 9.78. The topological polar surface area (TPSA) is 101 Å². The van der Waals surface area contributed by atoms with Gasteiger partial charge in [-0.25, -0.2) is 9.37 Å². The molecule has 0 aliphatic rings. The molecule has 0 aliphatic heterocycles. The Morgan fingerprint density at radius 2 is 1.57 bits per heavy atom. The first-order valence-corrected chi connectivity index (χ1v) is 16.6. The number of aromatic nitrogens is 2. The number of rotatable bonds is 13. The lowest BCUT2D eigenvalue weighted by molar-refractivity contribution is 0.214. The van der Waals surface area contributed by atoms with Gasteiger partial charge in [0.1, 0.15) is 12.4 Å². The van der Waals surface area contributed by atoms with Crippen molar-refractivity contribution in [1.29, 1.82) is 0 Å². The zero-order valence-electron chi connectivity index (χ0n) is 26.5. The van der Waals surface area contributed by atoms with Gasteiger partial charge in [-0.1, -0.05) is 36.4 Å². The largest absolute Gasteiger partial charge is 0.493 e. The summed E-state index contributed by atoms with van der Waals surface area (Å²) in [5, 5.41) is 3.86. The maximum absolute atomic E-state index is 14.2. The van der Waals surface area contributed by atoms with Crippen molar-refractivity contribution in [2.24, 2.45) is 0 Å². The van der Waals surface area contributed by atoms with E-state index in [4.69, 9.17) is 23.5 Å². The van der Waals surface area contributed by atoms with Crippen LogP contribution in [0.25, 0.3) is 16.6 Å². The van der Waals surface area contributed by atoms with Crippen LogP contribution in [0.2, 0.25) is 0 Å². The number of fused-ring (bicyclic) bond motifs is 1. The van der Waals surface area contributed by atoms with Gasteiger partial charge in [0.15, 0.2) is 23.1 Å². The van der Waals surface area contributed by atoms with Crippen LogP contribution >= 0.6 is 7.60 Å². The predicted octanol–water partition coefficient (Wildman–Crippen LogP) is 8.11. The molecule has 5 aromatic rings. The number of anilines is 1. The van der Waals surface area contributed by atoms with Crippen LogP contribution < -0.4 is 20.3 Å². The lowest BCUT2D eigenvalue weighted by Gasteiger charge is -2.29. The van der Waals surface area contributed by atoms with Crippen molar-refractivity contribution in [3.63, 3.8) is 0 Å². The van der Waals surface area contributed by atoms with Crippen LogP contribution in [0.3, 0.4) is 0 Å². The summed E-state index contributed by atoms with van der Waals surface area (Å²) in [6.45, 7) is 7.76. The highest BCUT2D eigenvalue weighted by molar-refractivity contribution is 7.54. The Hall–Kier alpha value is -4.50. The highest BCUT2D eigenvalue weighted by atomic mass is 31.2. The monoisotopic (exact) mass is 645 g/mol. The SMILES string of the molecule is CCOP(=O)(OCC)C(Nc1c(C)cccc1C)c1ccc(OCc2nc3ccccc3c(=O)n2-c2ccc(F)cc2)c(OC)c1. The van der Waals surface area contributed by atoms with E-state index in [0.717, 1.165) is 16.8 Å². The smallest absolute Gasteiger partial charge is 0.357 e. The van der Waals surface area contributed by atoms with E-state index in [-0.39, 0.29) is 25.4 Å². The first-order valence-electron chi connectivity index (χ1n) is 15.0. The minimum Gasteiger partial charge on any atom is -0.493 e. The number of halogens is 1. The summed E-state index contributed by atoms with van der Waals surface area (Å²) in [5.41, 5.74) is 4.04. The number of nitrogens with zero attached hydrogens (tertiary/aromatic N) is 2. The minimum absolute atomic E-state index is 0.104. The van der Waals surface area contributed by atoms with Crippen molar-refractivity contribution in [2.45, 2.75) is 40.1 Å². The number of methoxy groups -OCH3 is 1. The Morgan fingerprint density at radius 1 is 0.891 bits per heavy atom. The van der Waals surface area contributed by atoms with Crippen molar-refractivity contribution < 1.29 is 27.5 Å². The molecule has 4 aromatic carbocycles. The van der Waals surface area contributed by atoms with Gasteiger partial charge < -0.3 is 23.8 Å². The molecule has 0 radical (unpaired) electrons. The molecular formula is C35H37FN3O6P. The summed E-state index contributed by atoms with van der Waals surface area (Å²) in [7, 11) is -2.21. The van der Waals surface area contributed by atoms with E-state index in [1.165, 1.54) is 35.9 Å². The van der Waals surface area contributed by atoms with Crippen LogP contribution in [-0.2, 0) is 20.2 Å². The van der Waals surface area contributed by atoms with Gasteiger partial charge in [-0.2, -0.15) is 0 Å². The molecule has 1 aromatic heterocycles. The molecule has 5 rings (SSSR count). The van der Waals surface area contributed by atoms with Gasteiger partial charge in [-0.15, -0.1) is 0 Å². The molecular weight excluding hydrogens is 608 g/mol. The molecule has 0 saturated heterocycles. The van der Waals surface area contributed by atoms with Gasteiger partial charge in [0.25, 0.3) is 5.56 Å². The van der Waals surface area contributed by atoms with Crippen molar-refractivity contribution in [1.82, 2.24) is 9.55 Å². The number of hydrogen-bond acceptors (Lipinski definition) is 8. The molecule has 46 heavy (non-hydrogen) atoms. The Labute approximate surface area is 267 Å². The van der Waals surface area contributed by atoms with Gasteiger partial charge in [0, 0.05) is 5.69 Å². The normalized spacial score (nSPS) is 12.2. The Bertz CT molecular complexity index is 1920. The average Bonchev–Trinajstić information content (AvgIpc) is 3.04. The summed E-state index contributed by atoms with van der Waals surface area (Å²) >= 11 is 0. The van der Waals surface area contributed by atoms with Gasteiger partial charge in [-0.3, -0.25) is 13.9 Å². The van der Waals surface area contributed by atoms with Crippen molar-refractivity contribution in [3.8, 4) is 17.2 Å². The molecule has 240 valence electrons. The van der Waals surface area contributed by atoms with E-state index < -0.39 is 19.2 Å². The molecule has 11 heteroatoms. The molecule has 0 saturated carbocycles. The zero-order chi connectivity index (χ0) is 32.8. The summed E-state index contributed by atoms with van der Waals surface area (Å²) in [6, 6.07) is 23.7. The highest BCUT2D eigenvalue weighted by Gasteiger charge is 2.38. The van der Waals surface area contributed by atoms with Gasteiger partial charge in [-0.05, 0) is 92.9 Å². The first kappa shape index (κ1) is 32.9. The van der Waals surface area contributed by atoms with E-state index in [9.17, 15) is 13.8 Å². The minimum atomic E-state index is -3.72. The van der Waals surface area contributed by atoms with E-state index in [0.29, 0.717) is 39.5 Å². The van der Waals surface area contributed by atoms with Crippen molar-refractivity contribution in [3.05, 3.63) is 124 Å². The van der Waals surface area contributed by atoms with Crippen molar-refractivity contribution in [2.75, 3.05) is 25.6 Å². The summed E-state index contributed by atoms with van der Waals surface area (Å²) < 4.78 is 52.9. The molecule has 1 unspecified atom stereocenters. The summed E-state index contributed by atoms with van der Waals surface area (Å²) in [5.74, 6) is -0.236. The number of benzene rings is 4. The Kier molecular flexibility index (Phi) is 10.2.